The van der Waals surface area contributed by atoms with Crippen LogP contribution in [0.2, 0.25) is 0 Å². The van der Waals surface area contributed by atoms with Gasteiger partial charge >= 0.3 is 0 Å². The van der Waals surface area contributed by atoms with Crippen molar-refractivity contribution in [1.29, 1.82) is 0 Å². The number of fused-ring (bicyclic) bond motifs is 6. The van der Waals surface area contributed by atoms with E-state index in [0.29, 0.717) is 39.6 Å². The average Bonchev–Trinajstić information content (AvgIpc) is 3.43. The van der Waals surface area contributed by atoms with Crippen molar-refractivity contribution in [2.45, 2.75) is 47.4 Å². The summed E-state index contributed by atoms with van der Waals surface area (Å²) in [6.45, 7) is 1.24. The molecule has 1 aliphatic heterocycles. The number of pyridine rings is 2. The van der Waals surface area contributed by atoms with Crippen LogP contribution in [0.4, 0.5) is 0 Å². The van der Waals surface area contributed by atoms with Crippen LogP contribution in [0.25, 0.3) is 44.5 Å². The van der Waals surface area contributed by atoms with E-state index in [1.54, 1.807) is 24.3 Å². The predicted octanol–water partition coefficient (Wildman–Crippen LogP) is 7.17. The van der Waals surface area contributed by atoms with Crippen LogP contribution in [0.1, 0.15) is 54.1 Å². The maximum Gasteiger partial charge on any atom is 0.227 e. The summed E-state index contributed by atoms with van der Waals surface area (Å²) < 4.78 is 73.6. The highest BCUT2D eigenvalue weighted by Crippen LogP contribution is 2.40. The third-order valence-corrected chi connectivity index (χ3v) is 6.06. The summed E-state index contributed by atoms with van der Waals surface area (Å²) in [5, 5.41) is 1.27. The average molecular weight is 442 g/mol. The van der Waals surface area contributed by atoms with Crippen molar-refractivity contribution >= 4 is 22.1 Å². The fourth-order valence-corrected chi connectivity index (χ4v) is 4.78. The van der Waals surface area contributed by atoms with E-state index in [4.69, 9.17) is 15.4 Å². The largest absolute Gasteiger partial charge is 0.438 e. The van der Waals surface area contributed by atoms with Gasteiger partial charge in [-0.05, 0) is 78.6 Å². The Morgan fingerprint density at radius 3 is 2.76 bits per heavy atom. The molecule has 0 spiro atoms. The summed E-state index contributed by atoms with van der Waals surface area (Å²) in [6, 6.07) is 15.8. The first kappa shape index (κ1) is 13.3. The highest BCUT2D eigenvalue weighted by atomic mass is 16.3. The van der Waals surface area contributed by atoms with E-state index in [0.717, 1.165) is 16.8 Å². The van der Waals surface area contributed by atoms with Gasteiger partial charge in [-0.2, -0.15) is 4.57 Å². The molecule has 0 amide bonds. The third kappa shape index (κ3) is 3.34. The molecular weight excluding hydrogens is 404 g/mol. The summed E-state index contributed by atoms with van der Waals surface area (Å²) in [5.41, 5.74) is 4.52. The fourth-order valence-electron chi connectivity index (χ4n) is 4.78. The molecule has 0 N–H and O–H groups in total. The highest BCUT2D eigenvalue weighted by Gasteiger charge is 2.28. The van der Waals surface area contributed by atoms with Gasteiger partial charge in [0.05, 0.1) is 5.56 Å². The first-order valence-electron chi connectivity index (χ1n) is 15.0. The van der Waals surface area contributed by atoms with Gasteiger partial charge in [0.25, 0.3) is 0 Å². The molecule has 6 rings (SSSR count). The lowest BCUT2D eigenvalue weighted by Crippen LogP contribution is -2.33. The van der Waals surface area contributed by atoms with E-state index < -0.39 is 25.5 Å². The van der Waals surface area contributed by atoms with Gasteiger partial charge in [0.1, 0.15) is 5.58 Å². The molecule has 0 fully saturated rings. The molecule has 164 valence electrons. The van der Waals surface area contributed by atoms with Gasteiger partial charge in [0.2, 0.25) is 11.4 Å². The van der Waals surface area contributed by atoms with Crippen LogP contribution in [0, 0.1) is 19.1 Å². The molecule has 33 heavy (non-hydrogen) atoms. The highest BCUT2D eigenvalue weighted by molar-refractivity contribution is 6.12. The number of aryl methyl sites for hydroxylation is 2. The molecule has 5 aromatic rings. The topological polar surface area (TPSA) is 29.9 Å². The molecule has 3 nitrogen and oxygen atoms in total. The van der Waals surface area contributed by atoms with Crippen LogP contribution in [-0.4, -0.2) is 4.98 Å². The summed E-state index contributed by atoms with van der Waals surface area (Å²) in [6.07, 6.45) is 0.262. The Balaban J connectivity index is 1.57. The SMILES string of the molecule is [2H]C([2H])([2H])c1ccc2c(n1)oc1cccc(-c3cc4c(cc3C([2H])([2H])[2H])C[n+]3cc(C([2H])([2H])C(C)(C)C)ccc3-4)c12. The van der Waals surface area contributed by atoms with Crippen molar-refractivity contribution < 1.29 is 20.0 Å². The van der Waals surface area contributed by atoms with Gasteiger partial charge in [-0.25, -0.2) is 4.98 Å². The Morgan fingerprint density at radius 1 is 1.03 bits per heavy atom. The molecule has 3 heteroatoms. The van der Waals surface area contributed by atoms with E-state index in [9.17, 15) is 0 Å². The summed E-state index contributed by atoms with van der Waals surface area (Å²) in [5.74, 6) is 0. The van der Waals surface area contributed by atoms with E-state index in [2.05, 4.69) is 4.98 Å². The van der Waals surface area contributed by atoms with Crippen molar-refractivity contribution in [3.63, 3.8) is 0 Å². The molecule has 0 saturated carbocycles. The van der Waals surface area contributed by atoms with Gasteiger partial charge in [0.15, 0.2) is 12.7 Å². The van der Waals surface area contributed by atoms with E-state index in [-0.39, 0.29) is 17.0 Å². The standard InChI is InChI=1S/C30H29N2O/c1-18-13-21-17-32-16-20(15-30(3,4)5)10-12-26(32)25(21)14-24(18)22-7-6-8-27-28(22)23-11-9-19(2)31-29(23)33-27/h6-14,16H,15,17H2,1-5H3/q+1/i1D3,2D3,15D2. The lowest BCUT2D eigenvalue weighted by Gasteiger charge is -2.17. The van der Waals surface area contributed by atoms with Crippen LogP contribution in [0.3, 0.4) is 0 Å². The molecule has 3 aromatic heterocycles. The van der Waals surface area contributed by atoms with Gasteiger partial charge in [-0.3, -0.25) is 0 Å². The molecule has 4 heterocycles. The Morgan fingerprint density at radius 2 is 1.94 bits per heavy atom. The number of hydrogen-bond donors (Lipinski definition) is 0. The van der Waals surface area contributed by atoms with E-state index in [1.807, 2.05) is 55.8 Å². The molecule has 0 unspecified atom stereocenters. The maximum atomic E-state index is 8.71. The van der Waals surface area contributed by atoms with Crippen LogP contribution >= 0.6 is 0 Å². The molecule has 2 aromatic carbocycles. The van der Waals surface area contributed by atoms with Crippen LogP contribution in [-0.2, 0) is 12.9 Å². The Hall–Kier alpha value is -3.46. The minimum atomic E-state index is -2.41. The Kier molecular flexibility index (Phi) is 2.83. The number of rotatable bonds is 2. The second kappa shape index (κ2) is 7.02. The van der Waals surface area contributed by atoms with E-state index in [1.165, 1.54) is 6.07 Å². The van der Waals surface area contributed by atoms with Crippen molar-refractivity contribution in [3.05, 3.63) is 83.2 Å². The first-order chi connectivity index (χ1) is 19.0. The van der Waals surface area contributed by atoms with Crippen molar-refractivity contribution in [2.75, 3.05) is 0 Å². The second-order valence-corrected chi connectivity index (χ2v) is 9.69. The zero-order valence-electron chi connectivity index (χ0n) is 26.8. The number of furan rings is 1. The molecule has 1 aliphatic rings. The zero-order valence-corrected chi connectivity index (χ0v) is 18.8. The number of aromatic nitrogens is 2. The molecule has 0 aliphatic carbocycles. The molecule has 0 radical (unpaired) electrons. The normalized spacial score (nSPS) is 17.8. The molecule has 0 saturated heterocycles. The van der Waals surface area contributed by atoms with Crippen LogP contribution in [0.15, 0.2) is 65.2 Å². The van der Waals surface area contributed by atoms with Crippen molar-refractivity contribution in [3.8, 4) is 22.4 Å². The van der Waals surface area contributed by atoms with Crippen LogP contribution in [0.5, 0.6) is 0 Å². The van der Waals surface area contributed by atoms with E-state index >= 15 is 0 Å². The third-order valence-electron chi connectivity index (χ3n) is 6.06. The predicted molar refractivity (Wildman–Crippen MR) is 134 cm³/mol. The second-order valence-electron chi connectivity index (χ2n) is 9.69. The van der Waals surface area contributed by atoms with Gasteiger partial charge in [0, 0.05) is 44.6 Å². The molecule has 0 bridgehead atoms. The Labute approximate surface area is 206 Å². The minimum absolute atomic E-state index is 0.0739. The zero-order chi connectivity index (χ0) is 29.7. The fraction of sp³-hybridized carbons (Fsp3) is 0.267. The minimum Gasteiger partial charge on any atom is -0.438 e. The number of nitrogens with zero attached hydrogens (tertiary/aromatic N) is 2. The Bertz CT molecular complexity index is 1860. The van der Waals surface area contributed by atoms with Gasteiger partial charge < -0.3 is 4.42 Å². The van der Waals surface area contributed by atoms with Crippen molar-refractivity contribution in [2.24, 2.45) is 5.41 Å². The summed E-state index contributed by atoms with van der Waals surface area (Å²) in [7, 11) is 0. The number of hydrogen-bond acceptors (Lipinski definition) is 2. The molecule has 0 atom stereocenters. The lowest BCUT2D eigenvalue weighted by atomic mass is 9.88. The maximum absolute atomic E-state index is 8.71. The quantitative estimate of drug-likeness (QED) is 0.267. The molecular formula is C30H29N2O+. The van der Waals surface area contributed by atoms with Gasteiger partial charge in [-0.1, -0.05) is 32.9 Å². The smallest absolute Gasteiger partial charge is 0.227 e. The van der Waals surface area contributed by atoms with Crippen LogP contribution < -0.4 is 4.57 Å². The first-order valence-corrected chi connectivity index (χ1v) is 11.0. The summed E-state index contributed by atoms with van der Waals surface area (Å²) >= 11 is 0. The lowest BCUT2D eigenvalue weighted by molar-refractivity contribution is -0.672. The number of benzene rings is 2. The van der Waals surface area contributed by atoms with Crippen molar-refractivity contribution in [1.82, 2.24) is 4.98 Å². The monoisotopic (exact) mass is 441 g/mol. The van der Waals surface area contributed by atoms with Gasteiger partial charge in [-0.15, -0.1) is 0 Å². The summed E-state index contributed by atoms with van der Waals surface area (Å²) in [4.78, 5) is 4.25.